The summed E-state index contributed by atoms with van der Waals surface area (Å²) in [5, 5.41) is 107. The maximum Gasteiger partial charge on any atom is 0.349 e. The largest absolute Gasteiger partial charge is 0.481 e. The number of carboxylic acid groups (broad SMARTS) is 11. The monoisotopic (exact) mass is 832 g/mol. The summed E-state index contributed by atoms with van der Waals surface area (Å²) in [5.74, 6) is -23.7. The Bertz CT molecular complexity index is 1550. The molecule has 0 saturated carbocycles. The van der Waals surface area contributed by atoms with Crippen LogP contribution in [0.3, 0.4) is 0 Å². The molecular formula is C28H36N2O27. The molecule has 0 spiro atoms. The van der Waals surface area contributed by atoms with E-state index in [9.17, 15) is 77.6 Å². The van der Waals surface area contributed by atoms with Gasteiger partial charge in [-0.1, -0.05) is 0 Å². The van der Waals surface area contributed by atoms with Crippen LogP contribution in [0.2, 0.25) is 0 Å². The predicted molar refractivity (Wildman–Crippen MR) is 167 cm³/mol. The summed E-state index contributed by atoms with van der Waals surface area (Å²) in [6.45, 7) is -4.77. The van der Waals surface area contributed by atoms with Gasteiger partial charge < -0.3 is 70.8 Å². The average Bonchev–Trinajstić information content (AvgIpc) is 2.96. The number of rotatable bonds is 28. The molecule has 320 valence electrons. The third-order valence-electron chi connectivity index (χ3n) is 6.59. The zero-order valence-electron chi connectivity index (χ0n) is 28.9. The van der Waals surface area contributed by atoms with Crippen molar-refractivity contribution in [2.24, 2.45) is 0 Å². The summed E-state index contributed by atoms with van der Waals surface area (Å²) in [7, 11) is 0. The van der Waals surface area contributed by atoms with Crippen LogP contribution in [0.5, 0.6) is 0 Å². The van der Waals surface area contributed by atoms with Crippen molar-refractivity contribution in [3.63, 3.8) is 0 Å². The molecule has 0 aliphatic carbocycles. The third kappa shape index (κ3) is 20.9. The van der Waals surface area contributed by atoms with Gasteiger partial charge in [0, 0.05) is 13.1 Å². The summed E-state index contributed by atoms with van der Waals surface area (Å²) in [6.07, 6.45) is -9.04. The SMILES string of the molecule is O=C(O)CC(O)(CC(=O)O)C(=O)O.O=C(O)CN(CCN(CC(=O)O)CC(=O)OC(CC(=O)O)(CC(=O)OC(CC(=O)O)(CC(=O)O)C(=O)O)C(=O)O)CC(=O)O. The highest BCUT2D eigenvalue weighted by molar-refractivity contribution is 5.94. The lowest BCUT2D eigenvalue weighted by molar-refractivity contribution is -0.196. The first kappa shape index (κ1) is 52.1. The lowest BCUT2D eigenvalue weighted by Crippen LogP contribution is -2.52. The van der Waals surface area contributed by atoms with E-state index in [1.54, 1.807) is 0 Å². The minimum absolute atomic E-state index is 0.463. The van der Waals surface area contributed by atoms with E-state index in [2.05, 4.69) is 4.74 Å². The summed E-state index contributed by atoms with van der Waals surface area (Å²) in [4.78, 5) is 148. The number of aliphatic hydroxyl groups is 1. The van der Waals surface area contributed by atoms with Gasteiger partial charge >= 0.3 is 77.6 Å². The number of carbonyl (C=O) groups is 13. The number of hydrogen-bond donors (Lipinski definition) is 12. The van der Waals surface area contributed by atoms with Crippen LogP contribution < -0.4 is 0 Å². The standard InChI is InChI=1S/C22H28N2O20.C6H8O7/c25-11(26)3-21(19(39)40,4-12(27)28)43-17(37)6-22(20(41)42,5-13(29)30)44-18(38)10-24(9-16(35)36)2-1-23(7-14(31)32)8-15(33)34;7-3(8)1-6(13,5(11)12)2-4(9)10/h1-10H2,(H,25,26)(H,27,28)(H,29,30)(H,31,32)(H,33,34)(H,35,36)(H,39,40)(H,41,42);13H,1-2H2,(H,7,8)(H,9,10)(H,11,12). The van der Waals surface area contributed by atoms with Crippen molar-refractivity contribution in [1.82, 2.24) is 9.80 Å². The zero-order chi connectivity index (χ0) is 45.1. The summed E-state index contributed by atoms with van der Waals surface area (Å²) < 4.78 is 9.24. The minimum atomic E-state index is -3.38. The molecule has 0 fully saturated rings. The van der Waals surface area contributed by atoms with Crippen molar-refractivity contribution in [2.45, 2.75) is 55.3 Å². The van der Waals surface area contributed by atoms with E-state index in [1.807, 2.05) is 0 Å². The highest BCUT2D eigenvalue weighted by Gasteiger charge is 2.52. The molecular weight excluding hydrogens is 796 g/mol. The van der Waals surface area contributed by atoms with Gasteiger partial charge in [-0.15, -0.1) is 0 Å². The van der Waals surface area contributed by atoms with Crippen LogP contribution in [0.25, 0.3) is 0 Å². The molecule has 1 unspecified atom stereocenters. The predicted octanol–water partition coefficient (Wildman–Crippen LogP) is -4.86. The van der Waals surface area contributed by atoms with Gasteiger partial charge in [-0.3, -0.25) is 57.7 Å². The molecule has 57 heavy (non-hydrogen) atoms. The Balaban J connectivity index is 0. The second kappa shape index (κ2) is 23.0. The fourth-order valence-corrected chi connectivity index (χ4v) is 4.31. The first-order valence-electron chi connectivity index (χ1n) is 15.0. The molecule has 29 nitrogen and oxygen atoms in total. The van der Waals surface area contributed by atoms with Crippen molar-refractivity contribution in [2.75, 3.05) is 39.3 Å². The van der Waals surface area contributed by atoms with Gasteiger partial charge in [0.05, 0.1) is 64.7 Å². The maximum atomic E-state index is 12.7. The number of hydrogen-bond acceptors (Lipinski definition) is 18. The second-order valence-corrected chi connectivity index (χ2v) is 11.5. The topological polar surface area (TPSA) is 490 Å². The van der Waals surface area contributed by atoms with Gasteiger partial charge in [-0.25, -0.2) is 14.4 Å². The van der Waals surface area contributed by atoms with Crippen LogP contribution >= 0.6 is 0 Å². The Morgan fingerprint density at radius 1 is 0.351 bits per heavy atom. The molecule has 1 atom stereocenters. The van der Waals surface area contributed by atoms with E-state index < -0.39 is 172 Å². The number of esters is 2. The fourth-order valence-electron chi connectivity index (χ4n) is 4.31. The van der Waals surface area contributed by atoms with E-state index in [0.717, 1.165) is 4.90 Å². The lowest BCUT2D eigenvalue weighted by Gasteiger charge is -2.31. The number of carboxylic acids is 11. The van der Waals surface area contributed by atoms with Crippen LogP contribution in [-0.2, 0) is 71.8 Å². The molecule has 0 aromatic carbocycles. The molecule has 0 bridgehead atoms. The Kier molecular flexibility index (Phi) is 21.1. The van der Waals surface area contributed by atoms with Gasteiger partial charge in [0.2, 0.25) is 11.2 Å². The van der Waals surface area contributed by atoms with Crippen LogP contribution in [0.15, 0.2) is 0 Å². The van der Waals surface area contributed by atoms with E-state index >= 15 is 0 Å². The molecule has 0 aromatic rings. The molecule has 0 aliphatic rings. The first-order chi connectivity index (χ1) is 25.9. The first-order valence-corrected chi connectivity index (χ1v) is 15.0. The van der Waals surface area contributed by atoms with Crippen LogP contribution in [-0.4, -0.2) is 205 Å². The van der Waals surface area contributed by atoms with E-state index in [-0.39, 0.29) is 0 Å². The Hall–Kier alpha value is -7.01. The summed E-state index contributed by atoms with van der Waals surface area (Å²) in [6, 6.07) is 0. The Morgan fingerprint density at radius 2 is 0.632 bits per heavy atom. The highest BCUT2D eigenvalue weighted by atomic mass is 16.6. The number of carbonyl (C=O) groups excluding carboxylic acids is 2. The molecule has 0 aromatic heterocycles. The molecule has 12 N–H and O–H groups in total. The van der Waals surface area contributed by atoms with Crippen LogP contribution in [0.4, 0.5) is 0 Å². The molecule has 0 amide bonds. The number of aliphatic carboxylic acids is 11. The molecule has 0 rings (SSSR count). The molecule has 0 heterocycles. The van der Waals surface area contributed by atoms with Crippen LogP contribution in [0.1, 0.15) is 38.5 Å². The van der Waals surface area contributed by atoms with E-state index in [4.69, 9.17) is 50.7 Å². The van der Waals surface area contributed by atoms with Crippen molar-refractivity contribution < 1.29 is 133 Å². The van der Waals surface area contributed by atoms with Gasteiger partial charge in [0.1, 0.15) is 0 Å². The Morgan fingerprint density at radius 3 is 0.895 bits per heavy atom. The third-order valence-corrected chi connectivity index (χ3v) is 6.59. The van der Waals surface area contributed by atoms with Gasteiger partial charge in [-0.2, -0.15) is 0 Å². The number of ether oxygens (including phenoxy) is 2. The summed E-state index contributed by atoms with van der Waals surface area (Å²) in [5.41, 5.74) is -9.43. The fraction of sp³-hybridized carbons (Fsp3) is 0.536. The van der Waals surface area contributed by atoms with Crippen LogP contribution in [0, 0.1) is 0 Å². The Labute approximate surface area is 315 Å². The van der Waals surface area contributed by atoms with Crippen molar-refractivity contribution in [3.8, 4) is 0 Å². The van der Waals surface area contributed by atoms with E-state index in [0.29, 0.717) is 4.90 Å². The summed E-state index contributed by atoms with van der Waals surface area (Å²) >= 11 is 0. The highest BCUT2D eigenvalue weighted by Crippen LogP contribution is 2.28. The van der Waals surface area contributed by atoms with Crippen molar-refractivity contribution >= 4 is 77.6 Å². The van der Waals surface area contributed by atoms with Gasteiger partial charge in [0.25, 0.3) is 0 Å². The van der Waals surface area contributed by atoms with Gasteiger partial charge in [-0.05, 0) is 0 Å². The number of nitrogens with zero attached hydrogens (tertiary/aromatic N) is 2. The minimum Gasteiger partial charge on any atom is -0.481 e. The second-order valence-electron chi connectivity index (χ2n) is 11.5. The average molecular weight is 833 g/mol. The smallest absolute Gasteiger partial charge is 0.349 e. The van der Waals surface area contributed by atoms with Crippen molar-refractivity contribution in [1.29, 1.82) is 0 Å². The lowest BCUT2D eigenvalue weighted by atomic mass is 9.93. The zero-order valence-corrected chi connectivity index (χ0v) is 28.9. The molecule has 0 saturated heterocycles. The molecule has 0 aliphatic heterocycles. The molecule has 29 heteroatoms. The molecule has 0 radical (unpaired) electrons. The van der Waals surface area contributed by atoms with E-state index in [1.165, 1.54) is 0 Å². The van der Waals surface area contributed by atoms with Gasteiger partial charge in [0.15, 0.2) is 5.60 Å². The quantitative estimate of drug-likeness (QED) is 0.0329. The van der Waals surface area contributed by atoms with Crippen molar-refractivity contribution in [3.05, 3.63) is 0 Å². The normalized spacial score (nSPS) is 12.1. The maximum absolute atomic E-state index is 12.7.